The van der Waals surface area contributed by atoms with Crippen molar-refractivity contribution in [2.75, 3.05) is 0 Å². The standard InChI is InChI=1S/C24H28O2/c1-16(15-17-9-6-7-10-19(17)22(25)26)18-11-8-12-20-21(18)24(4,5)14-13-23(20,2)3/h6-12,15H,13-14H2,1-5H3,(H,25,26). The van der Waals surface area contributed by atoms with Crippen molar-refractivity contribution in [1.29, 1.82) is 0 Å². The van der Waals surface area contributed by atoms with Gasteiger partial charge >= 0.3 is 5.97 Å². The molecule has 2 aromatic carbocycles. The van der Waals surface area contributed by atoms with E-state index in [1.165, 1.54) is 23.1 Å². The molecule has 1 aliphatic rings. The fourth-order valence-corrected chi connectivity index (χ4v) is 4.19. The first kappa shape index (κ1) is 18.4. The lowest BCUT2D eigenvalue weighted by Crippen LogP contribution is -2.34. The van der Waals surface area contributed by atoms with Gasteiger partial charge < -0.3 is 5.11 Å². The Kier molecular flexibility index (Phi) is 4.56. The van der Waals surface area contributed by atoms with Gasteiger partial charge in [0.25, 0.3) is 0 Å². The molecule has 0 saturated heterocycles. The summed E-state index contributed by atoms with van der Waals surface area (Å²) in [4.78, 5) is 11.5. The Labute approximate surface area is 156 Å². The van der Waals surface area contributed by atoms with Gasteiger partial charge in [-0.2, -0.15) is 0 Å². The van der Waals surface area contributed by atoms with Crippen LogP contribution >= 0.6 is 0 Å². The summed E-state index contributed by atoms with van der Waals surface area (Å²) in [6.45, 7) is 11.4. The van der Waals surface area contributed by atoms with E-state index in [0.717, 1.165) is 17.6 Å². The number of carboxylic acid groups (broad SMARTS) is 1. The SMILES string of the molecule is CC(=Cc1ccccc1C(=O)O)c1cccc2c1C(C)(C)CCC2(C)C. The lowest BCUT2D eigenvalue weighted by Gasteiger charge is -2.43. The van der Waals surface area contributed by atoms with E-state index in [1.807, 2.05) is 18.2 Å². The van der Waals surface area contributed by atoms with Crippen LogP contribution in [-0.4, -0.2) is 11.1 Å². The second-order valence-electron chi connectivity index (χ2n) is 8.72. The van der Waals surface area contributed by atoms with Gasteiger partial charge in [-0.1, -0.05) is 70.2 Å². The van der Waals surface area contributed by atoms with Crippen LogP contribution < -0.4 is 0 Å². The first-order valence-corrected chi connectivity index (χ1v) is 9.28. The van der Waals surface area contributed by atoms with Gasteiger partial charge in [0.1, 0.15) is 0 Å². The second kappa shape index (κ2) is 6.42. The van der Waals surface area contributed by atoms with E-state index in [2.05, 4.69) is 52.8 Å². The predicted molar refractivity (Wildman–Crippen MR) is 109 cm³/mol. The van der Waals surface area contributed by atoms with Crippen LogP contribution in [0.2, 0.25) is 0 Å². The average molecular weight is 348 g/mol. The van der Waals surface area contributed by atoms with Crippen LogP contribution in [-0.2, 0) is 10.8 Å². The van der Waals surface area contributed by atoms with Crippen molar-refractivity contribution < 1.29 is 9.90 Å². The fourth-order valence-electron chi connectivity index (χ4n) is 4.19. The monoisotopic (exact) mass is 348 g/mol. The fraction of sp³-hybridized carbons (Fsp3) is 0.375. The molecule has 1 N–H and O–H groups in total. The highest BCUT2D eigenvalue weighted by Gasteiger charge is 2.38. The lowest BCUT2D eigenvalue weighted by molar-refractivity contribution is 0.0696. The van der Waals surface area contributed by atoms with E-state index >= 15 is 0 Å². The molecule has 0 aromatic heterocycles. The summed E-state index contributed by atoms with van der Waals surface area (Å²) in [5.41, 5.74) is 6.56. The summed E-state index contributed by atoms with van der Waals surface area (Å²) >= 11 is 0. The number of allylic oxidation sites excluding steroid dienone is 1. The zero-order valence-corrected chi connectivity index (χ0v) is 16.4. The zero-order valence-electron chi connectivity index (χ0n) is 16.4. The van der Waals surface area contributed by atoms with Crippen LogP contribution in [0, 0.1) is 0 Å². The topological polar surface area (TPSA) is 37.3 Å². The third-order valence-corrected chi connectivity index (χ3v) is 5.83. The predicted octanol–water partition coefficient (Wildman–Crippen LogP) is 6.29. The first-order valence-electron chi connectivity index (χ1n) is 9.28. The summed E-state index contributed by atoms with van der Waals surface area (Å²) < 4.78 is 0. The van der Waals surface area contributed by atoms with Crippen molar-refractivity contribution in [1.82, 2.24) is 0 Å². The first-order chi connectivity index (χ1) is 12.1. The molecule has 0 unspecified atom stereocenters. The molecule has 0 amide bonds. The lowest BCUT2D eigenvalue weighted by atomic mass is 9.61. The molecular weight excluding hydrogens is 320 g/mol. The van der Waals surface area contributed by atoms with Crippen molar-refractivity contribution in [2.24, 2.45) is 0 Å². The highest BCUT2D eigenvalue weighted by molar-refractivity contribution is 5.95. The van der Waals surface area contributed by atoms with Crippen LogP contribution in [0.3, 0.4) is 0 Å². The molecule has 0 aliphatic heterocycles. The highest BCUT2D eigenvalue weighted by atomic mass is 16.4. The quantitative estimate of drug-likeness (QED) is 0.661. The summed E-state index contributed by atoms with van der Waals surface area (Å²) in [7, 11) is 0. The number of carbonyl (C=O) groups is 1. The van der Waals surface area contributed by atoms with Crippen LogP contribution in [0.15, 0.2) is 42.5 Å². The molecule has 0 radical (unpaired) electrons. The largest absolute Gasteiger partial charge is 0.478 e. The van der Waals surface area contributed by atoms with Gasteiger partial charge in [0, 0.05) is 0 Å². The number of fused-ring (bicyclic) bond motifs is 1. The summed E-state index contributed by atoms with van der Waals surface area (Å²) in [6.07, 6.45) is 4.35. The number of hydrogen-bond donors (Lipinski definition) is 1. The maximum atomic E-state index is 11.5. The molecule has 1 aliphatic carbocycles. The minimum absolute atomic E-state index is 0.114. The van der Waals surface area contributed by atoms with Gasteiger partial charge in [-0.3, -0.25) is 0 Å². The van der Waals surface area contributed by atoms with Crippen molar-refractivity contribution in [3.8, 4) is 0 Å². The van der Waals surface area contributed by atoms with Gasteiger partial charge in [-0.15, -0.1) is 0 Å². The minimum atomic E-state index is -0.888. The Bertz CT molecular complexity index is 885. The third kappa shape index (κ3) is 3.21. The average Bonchev–Trinajstić information content (AvgIpc) is 2.59. The molecular formula is C24H28O2. The van der Waals surface area contributed by atoms with Gasteiger partial charge in [0.2, 0.25) is 0 Å². The molecule has 0 heterocycles. The molecule has 136 valence electrons. The molecule has 3 rings (SSSR count). The molecule has 26 heavy (non-hydrogen) atoms. The highest BCUT2D eigenvalue weighted by Crippen LogP contribution is 2.48. The molecule has 0 spiro atoms. The summed E-state index contributed by atoms with van der Waals surface area (Å²) in [5, 5.41) is 9.46. The van der Waals surface area contributed by atoms with Crippen LogP contribution in [0.25, 0.3) is 11.6 Å². The van der Waals surface area contributed by atoms with E-state index in [9.17, 15) is 9.90 Å². The molecule has 2 aromatic rings. The zero-order chi connectivity index (χ0) is 19.1. The normalized spacial score (nSPS) is 18.3. The molecule has 2 heteroatoms. The van der Waals surface area contributed by atoms with Crippen molar-refractivity contribution in [2.45, 2.75) is 58.3 Å². The minimum Gasteiger partial charge on any atom is -0.478 e. The van der Waals surface area contributed by atoms with Crippen LogP contribution in [0.4, 0.5) is 0 Å². The van der Waals surface area contributed by atoms with E-state index < -0.39 is 5.97 Å². The maximum absolute atomic E-state index is 11.5. The van der Waals surface area contributed by atoms with Gasteiger partial charge in [-0.25, -0.2) is 4.79 Å². The van der Waals surface area contributed by atoms with Gasteiger partial charge in [0.15, 0.2) is 0 Å². The van der Waals surface area contributed by atoms with Crippen LogP contribution in [0.5, 0.6) is 0 Å². The Hall–Kier alpha value is -2.35. The Balaban J connectivity index is 2.19. The molecule has 2 nitrogen and oxygen atoms in total. The number of rotatable bonds is 3. The Morgan fingerprint density at radius 2 is 1.54 bits per heavy atom. The summed E-state index contributed by atoms with van der Waals surface area (Å²) in [6, 6.07) is 13.8. The number of carboxylic acids is 1. The Morgan fingerprint density at radius 1 is 0.923 bits per heavy atom. The van der Waals surface area contributed by atoms with Gasteiger partial charge in [-0.05, 0) is 64.5 Å². The van der Waals surface area contributed by atoms with Crippen molar-refractivity contribution >= 4 is 17.6 Å². The Morgan fingerprint density at radius 3 is 2.23 bits per heavy atom. The molecule has 0 fully saturated rings. The van der Waals surface area contributed by atoms with E-state index in [0.29, 0.717) is 5.56 Å². The van der Waals surface area contributed by atoms with Gasteiger partial charge in [0.05, 0.1) is 5.56 Å². The van der Waals surface area contributed by atoms with Crippen molar-refractivity contribution in [3.63, 3.8) is 0 Å². The smallest absolute Gasteiger partial charge is 0.336 e. The van der Waals surface area contributed by atoms with E-state index in [4.69, 9.17) is 0 Å². The van der Waals surface area contributed by atoms with Crippen molar-refractivity contribution in [3.05, 3.63) is 70.3 Å². The van der Waals surface area contributed by atoms with E-state index in [-0.39, 0.29) is 10.8 Å². The van der Waals surface area contributed by atoms with Crippen LogP contribution in [0.1, 0.15) is 80.1 Å². The molecule has 0 atom stereocenters. The third-order valence-electron chi connectivity index (χ3n) is 5.83. The maximum Gasteiger partial charge on any atom is 0.336 e. The van der Waals surface area contributed by atoms with E-state index in [1.54, 1.807) is 12.1 Å². The molecule has 0 bridgehead atoms. The number of aromatic carboxylic acids is 1. The number of hydrogen-bond acceptors (Lipinski definition) is 1. The summed E-state index contributed by atoms with van der Waals surface area (Å²) in [5.74, 6) is -0.888. The second-order valence-corrected chi connectivity index (χ2v) is 8.72. The molecule has 0 saturated carbocycles. The number of benzene rings is 2.